The van der Waals surface area contributed by atoms with Crippen LogP contribution in [0.4, 0.5) is 5.69 Å². The van der Waals surface area contributed by atoms with Crippen molar-refractivity contribution in [3.05, 3.63) is 57.9 Å². The van der Waals surface area contributed by atoms with E-state index in [0.717, 1.165) is 7.11 Å². The fourth-order valence-corrected chi connectivity index (χ4v) is 4.56. The number of amides is 2. The molecule has 2 atom stereocenters. The Morgan fingerprint density at radius 3 is 2.23 bits per heavy atom. The Morgan fingerprint density at radius 1 is 0.962 bits per heavy atom. The first-order chi connectivity index (χ1) is 25.0. The minimum Gasteiger partial charge on any atom is -0.480 e. The van der Waals surface area contributed by atoms with E-state index in [1.807, 2.05) is 13.8 Å². The van der Waals surface area contributed by atoms with Gasteiger partial charge in [-0.2, -0.15) is 0 Å². The SMILES string of the molecule is CC.COP(=O)(O)OCCOCCOCCOCCCNC(=O)CCC(NC(=O)c1ccc(NCc2cnc3nc(C)[nH]c(=O)c3n2)cc1)C(=O)O. The molecule has 0 aliphatic rings. The molecule has 0 saturated carbocycles. The van der Waals surface area contributed by atoms with Gasteiger partial charge in [0.05, 0.1) is 58.1 Å². The fraction of sp³-hybridized carbons (Fsp3) is 0.531. The number of aryl methyl sites for hydroxylation is 1. The van der Waals surface area contributed by atoms with Crippen molar-refractivity contribution in [2.45, 2.75) is 52.6 Å². The van der Waals surface area contributed by atoms with Gasteiger partial charge in [-0.05, 0) is 44.0 Å². The Bertz CT molecular complexity index is 1660. The van der Waals surface area contributed by atoms with Gasteiger partial charge in [0.2, 0.25) is 5.91 Å². The number of carboxylic acids is 1. The van der Waals surface area contributed by atoms with Crippen molar-refractivity contribution in [3.8, 4) is 0 Å². The number of fused-ring (bicyclic) bond motifs is 1. The van der Waals surface area contributed by atoms with Crippen LogP contribution in [0.2, 0.25) is 0 Å². The van der Waals surface area contributed by atoms with Gasteiger partial charge in [-0.1, -0.05) is 13.8 Å². The van der Waals surface area contributed by atoms with Gasteiger partial charge in [-0.25, -0.2) is 24.3 Å². The van der Waals surface area contributed by atoms with E-state index in [4.69, 9.17) is 19.1 Å². The van der Waals surface area contributed by atoms with Gasteiger partial charge in [0.25, 0.3) is 11.5 Å². The molecule has 3 rings (SSSR count). The molecule has 0 spiro atoms. The van der Waals surface area contributed by atoms with Gasteiger partial charge in [0, 0.05) is 37.9 Å². The van der Waals surface area contributed by atoms with E-state index in [9.17, 15) is 28.8 Å². The van der Waals surface area contributed by atoms with Crippen molar-refractivity contribution in [2.75, 3.05) is 65.2 Å². The summed E-state index contributed by atoms with van der Waals surface area (Å²) in [5.74, 6) is -1.78. The third kappa shape index (κ3) is 16.8. The minimum absolute atomic E-state index is 0.0933. The number of carbonyl (C=O) groups excluding carboxylic acids is 2. The van der Waals surface area contributed by atoms with Gasteiger partial charge in [-0.15, -0.1) is 0 Å². The molecule has 6 N–H and O–H groups in total. The number of phosphoric ester groups is 1. The molecular weight excluding hydrogens is 705 g/mol. The quantitative estimate of drug-likeness (QED) is 0.0564. The second-order valence-electron chi connectivity index (χ2n) is 10.5. The Hall–Kier alpha value is -4.36. The zero-order valence-corrected chi connectivity index (χ0v) is 30.6. The molecule has 0 radical (unpaired) electrons. The van der Waals surface area contributed by atoms with Crippen molar-refractivity contribution in [1.29, 1.82) is 0 Å². The Labute approximate surface area is 300 Å². The second kappa shape index (κ2) is 24.0. The lowest BCUT2D eigenvalue weighted by atomic mass is 10.1. The topological polar surface area (TPSA) is 263 Å². The molecule has 288 valence electrons. The van der Waals surface area contributed by atoms with Crippen LogP contribution in [0.1, 0.15) is 55.0 Å². The predicted molar refractivity (Wildman–Crippen MR) is 189 cm³/mol. The number of phosphoric acid groups is 1. The van der Waals surface area contributed by atoms with E-state index in [1.165, 1.54) is 18.3 Å². The molecule has 2 unspecified atom stereocenters. The molecule has 0 bridgehead atoms. The maximum Gasteiger partial charge on any atom is 0.471 e. The predicted octanol–water partition coefficient (Wildman–Crippen LogP) is 1.94. The number of benzene rings is 1. The molecule has 0 saturated heterocycles. The molecule has 0 aliphatic heterocycles. The molecule has 0 fully saturated rings. The van der Waals surface area contributed by atoms with Gasteiger partial charge in [-0.3, -0.25) is 23.4 Å². The van der Waals surface area contributed by atoms with Crippen molar-refractivity contribution >= 4 is 42.5 Å². The van der Waals surface area contributed by atoms with Crippen molar-refractivity contribution in [1.82, 2.24) is 30.6 Å². The van der Waals surface area contributed by atoms with E-state index in [-0.39, 0.29) is 67.4 Å². The molecule has 3 aromatic rings. The number of carbonyl (C=O) groups is 3. The van der Waals surface area contributed by atoms with Gasteiger partial charge in [0.15, 0.2) is 11.2 Å². The van der Waals surface area contributed by atoms with Crippen LogP contribution in [-0.4, -0.2) is 114 Å². The molecule has 2 heterocycles. The summed E-state index contributed by atoms with van der Waals surface area (Å²) in [5.41, 5.74) is 1.38. The Balaban J connectivity index is 0.00000460. The Kier molecular flexibility index (Phi) is 20.2. The molecular formula is C32H48N7O12P. The molecule has 20 heteroatoms. The van der Waals surface area contributed by atoms with E-state index >= 15 is 0 Å². The first kappa shape index (κ1) is 43.8. The zero-order chi connectivity index (χ0) is 38.4. The lowest BCUT2D eigenvalue weighted by Gasteiger charge is -2.15. The summed E-state index contributed by atoms with van der Waals surface area (Å²) in [6.07, 6.45) is 1.84. The first-order valence-electron chi connectivity index (χ1n) is 16.6. The van der Waals surface area contributed by atoms with Gasteiger partial charge in [0.1, 0.15) is 11.9 Å². The summed E-state index contributed by atoms with van der Waals surface area (Å²) >= 11 is 0. The number of nitrogens with zero attached hydrogens (tertiary/aromatic N) is 3. The summed E-state index contributed by atoms with van der Waals surface area (Å²) < 4.78 is 35.9. The third-order valence-electron chi connectivity index (χ3n) is 6.71. The highest BCUT2D eigenvalue weighted by atomic mass is 31.2. The van der Waals surface area contributed by atoms with Crippen LogP contribution in [0.15, 0.2) is 35.3 Å². The normalized spacial score (nSPS) is 12.6. The largest absolute Gasteiger partial charge is 0.480 e. The average molecular weight is 754 g/mol. The van der Waals surface area contributed by atoms with E-state index < -0.39 is 25.7 Å². The highest BCUT2D eigenvalue weighted by Crippen LogP contribution is 2.41. The van der Waals surface area contributed by atoms with Crippen LogP contribution in [0.3, 0.4) is 0 Å². The van der Waals surface area contributed by atoms with Crippen molar-refractivity contribution in [3.63, 3.8) is 0 Å². The van der Waals surface area contributed by atoms with Crippen molar-refractivity contribution < 1.29 is 52.2 Å². The Morgan fingerprint density at radius 2 is 1.60 bits per heavy atom. The smallest absolute Gasteiger partial charge is 0.471 e. The van der Waals surface area contributed by atoms with Gasteiger partial charge >= 0.3 is 13.8 Å². The maximum absolute atomic E-state index is 12.7. The number of H-pyrrole nitrogens is 1. The van der Waals surface area contributed by atoms with Crippen LogP contribution in [0.25, 0.3) is 11.2 Å². The maximum atomic E-state index is 12.7. The number of nitrogens with one attached hydrogen (secondary N) is 4. The molecule has 2 amide bonds. The van der Waals surface area contributed by atoms with E-state index in [0.29, 0.717) is 56.6 Å². The lowest BCUT2D eigenvalue weighted by molar-refractivity contribution is -0.139. The van der Waals surface area contributed by atoms with E-state index in [2.05, 4.69) is 44.9 Å². The molecule has 52 heavy (non-hydrogen) atoms. The number of aromatic amines is 1. The first-order valence-corrected chi connectivity index (χ1v) is 18.1. The summed E-state index contributed by atoms with van der Waals surface area (Å²) in [7, 11) is -2.93. The summed E-state index contributed by atoms with van der Waals surface area (Å²) in [5, 5.41) is 17.9. The number of anilines is 1. The zero-order valence-electron chi connectivity index (χ0n) is 29.7. The van der Waals surface area contributed by atoms with Crippen LogP contribution >= 0.6 is 7.82 Å². The standard InChI is InChI=1S/C30H42N7O12P.C2H6/c1-20-34-27-26(29(40)35-20)36-23(19-33-27)18-32-22-6-4-21(5-7-22)28(39)37-24(30(41)42)8-9-25(38)31-10-3-11-46-12-13-47-14-15-48-16-17-49-50(43,44)45-2;1-2/h4-7,19,24,32H,3,8-18H2,1-2H3,(H,31,38)(H,37,39)(H,41,42)(H,43,44)(H,33,34,35,40);1-2H3. The van der Waals surface area contributed by atoms with E-state index in [1.54, 1.807) is 19.1 Å². The molecule has 2 aromatic heterocycles. The third-order valence-corrected chi connectivity index (χ3v) is 7.69. The summed E-state index contributed by atoms with van der Waals surface area (Å²) in [6.45, 7) is 7.84. The van der Waals surface area contributed by atoms with Crippen LogP contribution < -0.4 is 21.5 Å². The number of aliphatic carboxylic acids is 1. The highest BCUT2D eigenvalue weighted by Gasteiger charge is 2.22. The van der Waals surface area contributed by atoms with Crippen molar-refractivity contribution in [2.24, 2.45) is 0 Å². The van der Waals surface area contributed by atoms with Crippen LogP contribution in [0.5, 0.6) is 0 Å². The number of ether oxygens (including phenoxy) is 3. The number of rotatable bonds is 24. The molecule has 0 aliphatic carbocycles. The summed E-state index contributed by atoms with van der Waals surface area (Å²) in [4.78, 5) is 73.1. The second-order valence-corrected chi connectivity index (χ2v) is 12.1. The number of aromatic nitrogens is 4. The fourth-order valence-electron chi connectivity index (χ4n) is 4.15. The number of hydrogen-bond donors (Lipinski definition) is 6. The van der Waals surface area contributed by atoms with Crippen LogP contribution in [0, 0.1) is 6.92 Å². The molecule has 19 nitrogen and oxygen atoms in total. The number of hydrogen-bond acceptors (Lipinski definition) is 14. The summed E-state index contributed by atoms with van der Waals surface area (Å²) in [6, 6.07) is 5.06. The highest BCUT2D eigenvalue weighted by molar-refractivity contribution is 7.47. The average Bonchev–Trinajstić information content (AvgIpc) is 3.13. The van der Waals surface area contributed by atoms with Gasteiger partial charge < -0.3 is 45.1 Å². The molecule has 1 aromatic carbocycles. The van der Waals surface area contributed by atoms with Crippen LogP contribution in [-0.2, 0) is 44.0 Å². The number of carboxylic acid groups (broad SMARTS) is 1. The monoisotopic (exact) mass is 753 g/mol. The minimum atomic E-state index is -4.00. The lowest BCUT2D eigenvalue weighted by Crippen LogP contribution is -2.41.